The number of rotatable bonds is 5. The summed E-state index contributed by atoms with van der Waals surface area (Å²) >= 11 is 0. The molecule has 21 heavy (non-hydrogen) atoms. The van der Waals surface area contributed by atoms with Crippen LogP contribution in [0, 0.1) is 10.8 Å². The fourth-order valence-electron chi connectivity index (χ4n) is 4.46. The summed E-state index contributed by atoms with van der Waals surface area (Å²) in [5.74, 6) is 0. The SMILES string of the molecule is CCCNC1C(N2CCC(C)(CC)CC2)CCCC1(C)C. The molecule has 0 spiro atoms. The Balaban J connectivity index is 2.02. The molecule has 2 aliphatic rings. The Morgan fingerprint density at radius 2 is 1.71 bits per heavy atom. The summed E-state index contributed by atoms with van der Waals surface area (Å²) in [5.41, 5.74) is 1.05. The van der Waals surface area contributed by atoms with Crippen molar-refractivity contribution in [3.63, 3.8) is 0 Å². The number of nitrogens with one attached hydrogen (secondary N) is 1. The zero-order valence-corrected chi connectivity index (χ0v) is 15.2. The van der Waals surface area contributed by atoms with Crippen molar-refractivity contribution in [1.82, 2.24) is 10.2 Å². The second kappa shape index (κ2) is 7.00. The minimum absolute atomic E-state index is 0.448. The number of piperidine rings is 1. The van der Waals surface area contributed by atoms with Gasteiger partial charge >= 0.3 is 0 Å². The van der Waals surface area contributed by atoms with Gasteiger partial charge in [0.15, 0.2) is 0 Å². The lowest BCUT2D eigenvalue weighted by atomic mass is 9.69. The maximum Gasteiger partial charge on any atom is 0.0274 e. The van der Waals surface area contributed by atoms with Crippen LogP contribution in [0.5, 0.6) is 0 Å². The maximum atomic E-state index is 3.90. The van der Waals surface area contributed by atoms with Crippen molar-refractivity contribution in [1.29, 1.82) is 0 Å². The normalized spacial score (nSPS) is 33.0. The maximum absolute atomic E-state index is 3.90. The van der Waals surface area contributed by atoms with Crippen molar-refractivity contribution in [3.05, 3.63) is 0 Å². The lowest BCUT2D eigenvalue weighted by molar-refractivity contribution is 0.0109. The molecule has 1 saturated heterocycles. The summed E-state index contributed by atoms with van der Waals surface area (Å²) in [7, 11) is 0. The molecule has 1 aliphatic heterocycles. The highest BCUT2D eigenvalue weighted by Gasteiger charge is 2.42. The molecule has 1 N–H and O–H groups in total. The average Bonchev–Trinajstić information content (AvgIpc) is 2.46. The van der Waals surface area contributed by atoms with E-state index in [9.17, 15) is 0 Å². The van der Waals surface area contributed by atoms with Crippen LogP contribution < -0.4 is 5.32 Å². The molecule has 0 radical (unpaired) electrons. The third-order valence-electron chi connectivity index (χ3n) is 6.49. The van der Waals surface area contributed by atoms with Crippen LogP contribution in [-0.4, -0.2) is 36.6 Å². The molecule has 1 heterocycles. The van der Waals surface area contributed by atoms with E-state index in [1.165, 1.54) is 64.6 Å². The van der Waals surface area contributed by atoms with Gasteiger partial charge in [-0.25, -0.2) is 0 Å². The Kier molecular flexibility index (Phi) is 5.76. The monoisotopic (exact) mass is 294 g/mol. The molecule has 2 fully saturated rings. The van der Waals surface area contributed by atoms with Crippen molar-refractivity contribution >= 4 is 0 Å². The minimum Gasteiger partial charge on any atom is -0.312 e. The third-order valence-corrected chi connectivity index (χ3v) is 6.49. The van der Waals surface area contributed by atoms with Gasteiger partial charge in [-0.1, -0.05) is 47.5 Å². The summed E-state index contributed by atoms with van der Waals surface area (Å²) in [5, 5.41) is 3.90. The van der Waals surface area contributed by atoms with Gasteiger partial charge in [0, 0.05) is 12.1 Å². The first-order valence-corrected chi connectivity index (χ1v) is 9.39. The summed E-state index contributed by atoms with van der Waals surface area (Å²) in [6.07, 6.45) is 9.55. The largest absolute Gasteiger partial charge is 0.312 e. The second-order valence-electron chi connectivity index (χ2n) is 8.58. The van der Waals surface area contributed by atoms with Crippen LogP contribution in [0.2, 0.25) is 0 Å². The Hall–Kier alpha value is -0.0800. The first kappa shape index (κ1) is 17.3. The van der Waals surface area contributed by atoms with Crippen LogP contribution in [0.15, 0.2) is 0 Å². The molecule has 0 bridgehead atoms. The first-order valence-electron chi connectivity index (χ1n) is 9.39. The molecule has 124 valence electrons. The Morgan fingerprint density at radius 3 is 2.29 bits per heavy atom. The predicted octanol–water partition coefficient (Wildman–Crippen LogP) is 4.45. The van der Waals surface area contributed by atoms with Gasteiger partial charge in [0.25, 0.3) is 0 Å². The van der Waals surface area contributed by atoms with E-state index in [0.29, 0.717) is 16.9 Å². The van der Waals surface area contributed by atoms with E-state index in [-0.39, 0.29) is 0 Å². The van der Waals surface area contributed by atoms with Gasteiger partial charge in [0.05, 0.1) is 0 Å². The van der Waals surface area contributed by atoms with E-state index in [0.717, 1.165) is 6.04 Å². The van der Waals surface area contributed by atoms with Gasteiger partial charge in [0.2, 0.25) is 0 Å². The van der Waals surface area contributed by atoms with E-state index in [2.05, 4.69) is 44.8 Å². The predicted molar refractivity (Wildman–Crippen MR) is 92.7 cm³/mol. The van der Waals surface area contributed by atoms with Gasteiger partial charge in [-0.2, -0.15) is 0 Å². The summed E-state index contributed by atoms with van der Waals surface area (Å²) in [6.45, 7) is 15.9. The van der Waals surface area contributed by atoms with Crippen LogP contribution in [0.4, 0.5) is 0 Å². The van der Waals surface area contributed by atoms with E-state index in [4.69, 9.17) is 0 Å². The molecule has 0 aromatic carbocycles. The lowest BCUT2D eigenvalue weighted by Gasteiger charge is -2.51. The van der Waals surface area contributed by atoms with Gasteiger partial charge in [-0.3, -0.25) is 4.90 Å². The van der Waals surface area contributed by atoms with Gasteiger partial charge in [-0.15, -0.1) is 0 Å². The summed E-state index contributed by atoms with van der Waals surface area (Å²) < 4.78 is 0. The minimum atomic E-state index is 0.448. The molecule has 2 rings (SSSR count). The van der Waals surface area contributed by atoms with E-state index in [1.807, 2.05) is 0 Å². The number of nitrogens with zero attached hydrogens (tertiary/aromatic N) is 1. The molecule has 1 aliphatic carbocycles. The molecule has 1 saturated carbocycles. The first-order chi connectivity index (χ1) is 9.92. The summed E-state index contributed by atoms with van der Waals surface area (Å²) in [6, 6.07) is 1.44. The zero-order chi connectivity index (χ0) is 15.5. The van der Waals surface area contributed by atoms with Crippen LogP contribution >= 0.6 is 0 Å². The zero-order valence-electron chi connectivity index (χ0n) is 15.2. The second-order valence-corrected chi connectivity index (χ2v) is 8.58. The highest BCUT2D eigenvalue weighted by Crippen LogP contribution is 2.41. The van der Waals surface area contributed by atoms with E-state index >= 15 is 0 Å². The number of likely N-dealkylation sites (tertiary alicyclic amines) is 1. The van der Waals surface area contributed by atoms with Crippen molar-refractivity contribution in [2.75, 3.05) is 19.6 Å². The molecule has 2 atom stereocenters. The highest BCUT2D eigenvalue weighted by molar-refractivity contribution is 4.99. The smallest absolute Gasteiger partial charge is 0.0274 e. The van der Waals surface area contributed by atoms with Crippen molar-refractivity contribution in [2.24, 2.45) is 10.8 Å². The Bertz CT molecular complexity index is 316. The van der Waals surface area contributed by atoms with E-state index < -0.39 is 0 Å². The fourth-order valence-corrected chi connectivity index (χ4v) is 4.46. The van der Waals surface area contributed by atoms with Crippen LogP contribution in [0.3, 0.4) is 0 Å². The molecule has 0 amide bonds. The third kappa shape index (κ3) is 4.01. The van der Waals surface area contributed by atoms with Gasteiger partial charge in [-0.05, 0) is 62.6 Å². The molecule has 2 nitrogen and oxygen atoms in total. The topological polar surface area (TPSA) is 15.3 Å². The summed E-state index contributed by atoms with van der Waals surface area (Å²) in [4.78, 5) is 2.83. The fraction of sp³-hybridized carbons (Fsp3) is 1.00. The lowest BCUT2D eigenvalue weighted by Crippen LogP contribution is -2.60. The van der Waals surface area contributed by atoms with Crippen LogP contribution in [-0.2, 0) is 0 Å². The quantitative estimate of drug-likeness (QED) is 0.806. The van der Waals surface area contributed by atoms with Crippen molar-refractivity contribution in [2.45, 2.75) is 91.6 Å². The number of hydrogen-bond acceptors (Lipinski definition) is 2. The molecule has 2 unspecified atom stereocenters. The van der Waals surface area contributed by atoms with Crippen molar-refractivity contribution in [3.8, 4) is 0 Å². The average molecular weight is 295 g/mol. The standard InChI is InChI=1S/C19H38N2/c1-6-13-20-17-16(9-8-10-18(17,3)4)21-14-11-19(5,7-2)12-15-21/h16-17,20H,6-15H2,1-5H3. The highest BCUT2D eigenvalue weighted by atomic mass is 15.2. The van der Waals surface area contributed by atoms with E-state index in [1.54, 1.807) is 0 Å². The molecular weight excluding hydrogens is 256 g/mol. The Labute approximate surface area is 133 Å². The Morgan fingerprint density at radius 1 is 1.05 bits per heavy atom. The van der Waals surface area contributed by atoms with Crippen LogP contribution in [0.1, 0.15) is 79.6 Å². The molecule has 0 aromatic heterocycles. The van der Waals surface area contributed by atoms with Gasteiger partial charge < -0.3 is 5.32 Å². The molecule has 2 heteroatoms. The molecule has 0 aromatic rings. The number of hydrogen-bond donors (Lipinski definition) is 1. The van der Waals surface area contributed by atoms with Gasteiger partial charge in [0.1, 0.15) is 0 Å². The van der Waals surface area contributed by atoms with Crippen molar-refractivity contribution < 1.29 is 0 Å². The van der Waals surface area contributed by atoms with Crippen LogP contribution in [0.25, 0.3) is 0 Å². The molecular formula is C19H38N2.